The van der Waals surface area contributed by atoms with Crippen LogP contribution in [0.15, 0.2) is 29.4 Å². The Morgan fingerprint density at radius 1 is 1.29 bits per heavy atom. The number of hydrogen-bond acceptors (Lipinski definition) is 4. The highest BCUT2D eigenvalue weighted by atomic mass is 16.5. The minimum Gasteiger partial charge on any atom is -0.465 e. The first kappa shape index (κ1) is 10.2. The van der Waals surface area contributed by atoms with Gasteiger partial charge < -0.3 is 9.94 Å². The summed E-state index contributed by atoms with van der Waals surface area (Å²) >= 11 is 0. The summed E-state index contributed by atoms with van der Waals surface area (Å²) in [7, 11) is 1.33. The van der Waals surface area contributed by atoms with Crippen molar-refractivity contribution in [3.8, 4) is 0 Å². The largest absolute Gasteiger partial charge is 0.465 e. The van der Waals surface area contributed by atoms with Crippen LogP contribution in [0.2, 0.25) is 0 Å². The van der Waals surface area contributed by atoms with Crippen molar-refractivity contribution < 1.29 is 14.7 Å². The minimum atomic E-state index is -0.379. The SMILES string of the molecule is COC(=O)c1ccc(/C(C)=N/O)cc1. The van der Waals surface area contributed by atoms with Crippen molar-refractivity contribution >= 4 is 11.7 Å². The van der Waals surface area contributed by atoms with Gasteiger partial charge in [-0.25, -0.2) is 4.79 Å². The summed E-state index contributed by atoms with van der Waals surface area (Å²) in [6.45, 7) is 1.67. The molecule has 0 amide bonds. The number of carbonyl (C=O) groups excluding carboxylic acids is 1. The van der Waals surface area contributed by atoms with E-state index in [1.54, 1.807) is 31.2 Å². The molecule has 1 N–H and O–H groups in total. The van der Waals surface area contributed by atoms with E-state index in [0.29, 0.717) is 11.3 Å². The first-order valence-electron chi connectivity index (χ1n) is 4.06. The fraction of sp³-hybridized carbons (Fsp3) is 0.200. The monoisotopic (exact) mass is 193 g/mol. The molecule has 14 heavy (non-hydrogen) atoms. The molecule has 1 rings (SSSR count). The molecule has 0 aromatic heterocycles. The molecule has 0 saturated heterocycles. The van der Waals surface area contributed by atoms with Crippen LogP contribution < -0.4 is 0 Å². The molecule has 1 aromatic carbocycles. The Labute approximate surface area is 81.8 Å². The average molecular weight is 193 g/mol. The average Bonchev–Trinajstić information content (AvgIpc) is 2.27. The van der Waals surface area contributed by atoms with Crippen LogP contribution in [0.1, 0.15) is 22.8 Å². The second kappa shape index (κ2) is 4.41. The Hall–Kier alpha value is -1.84. The van der Waals surface area contributed by atoms with Gasteiger partial charge in [-0.3, -0.25) is 0 Å². The Kier molecular flexibility index (Phi) is 3.23. The number of esters is 1. The van der Waals surface area contributed by atoms with Crippen LogP contribution in [0.3, 0.4) is 0 Å². The molecule has 0 aliphatic carbocycles. The van der Waals surface area contributed by atoms with Crippen LogP contribution in [0.5, 0.6) is 0 Å². The molecule has 0 unspecified atom stereocenters. The highest BCUT2D eigenvalue weighted by Gasteiger charge is 2.05. The van der Waals surface area contributed by atoms with Crippen LogP contribution in [0.25, 0.3) is 0 Å². The molecule has 0 bridgehead atoms. The van der Waals surface area contributed by atoms with Crippen molar-refractivity contribution in [1.82, 2.24) is 0 Å². The molecule has 1 aromatic rings. The first-order chi connectivity index (χ1) is 6.69. The molecule has 0 fully saturated rings. The number of rotatable bonds is 2. The third-order valence-electron chi connectivity index (χ3n) is 1.87. The molecule has 0 spiro atoms. The van der Waals surface area contributed by atoms with E-state index in [1.165, 1.54) is 7.11 Å². The Morgan fingerprint density at radius 3 is 2.21 bits per heavy atom. The molecule has 0 saturated carbocycles. The number of ether oxygens (including phenoxy) is 1. The highest BCUT2D eigenvalue weighted by molar-refractivity contribution is 5.99. The van der Waals surface area contributed by atoms with Crippen molar-refractivity contribution in [3.05, 3.63) is 35.4 Å². The quantitative estimate of drug-likeness (QED) is 0.336. The molecule has 0 atom stereocenters. The number of methoxy groups -OCH3 is 1. The summed E-state index contributed by atoms with van der Waals surface area (Å²) < 4.78 is 4.54. The topological polar surface area (TPSA) is 58.9 Å². The number of benzene rings is 1. The molecule has 0 aliphatic rings. The Balaban J connectivity index is 2.95. The van der Waals surface area contributed by atoms with Gasteiger partial charge in [0.2, 0.25) is 0 Å². The lowest BCUT2D eigenvalue weighted by Gasteiger charge is -2.00. The fourth-order valence-electron chi connectivity index (χ4n) is 1.02. The molecular formula is C10H11NO3. The predicted molar refractivity (Wildman–Crippen MR) is 51.8 cm³/mol. The lowest BCUT2D eigenvalue weighted by Crippen LogP contribution is -2.02. The maximum absolute atomic E-state index is 11.1. The summed E-state index contributed by atoms with van der Waals surface area (Å²) in [4.78, 5) is 11.1. The zero-order chi connectivity index (χ0) is 10.6. The first-order valence-corrected chi connectivity index (χ1v) is 4.06. The third kappa shape index (κ3) is 2.10. The van der Waals surface area contributed by atoms with Gasteiger partial charge in [-0.15, -0.1) is 0 Å². The molecular weight excluding hydrogens is 182 g/mol. The lowest BCUT2D eigenvalue weighted by molar-refractivity contribution is 0.0601. The summed E-state index contributed by atoms with van der Waals surface area (Å²) in [5.74, 6) is -0.379. The van der Waals surface area contributed by atoms with Gasteiger partial charge in [0, 0.05) is 0 Å². The minimum absolute atomic E-state index is 0.379. The van der Waals surface area contributed by atoms with Crippen LogP contribution in [0.4, 0.5) is 0 Å². The second-order valence-electron chi connectivity index (χ2n) is 2.75. The Bertz CT molecular complexity index is 354. The van der Waals surface area contributed by atoms with Gasteiger partial charge in [0.15, 0.2) is 0 Å². The third-order valence-corrected chi connectivity index (χ3v) is 1.87. The number of carbonyl (C=O) groups is 1. The van der Waals surface area contributed by atoms with Crippen molar-refractivity contribution in [2.24, 2.45) is 5.16 Å². The van der Waals surface area contributed by atoms with Crippen molar-refractivity contribution in [2.75, 3.05) is 7.11 Å². The van der Waals surface area contributed by atoms with Gasteiger partial charge in [0.25, 0.3) is 0 Å². The number of nitrogens with zero attached hydrogens (tertiary/aromatic N) is 1. The van der Waals surface area contributed by atoms with Crippen molar-refractivity contribution in [1.29, 1.82) is 0 Å². The molecule has 4 heteroatoms. The zero-order valence-electron chi connectivity index (χ0n) is 8.02. The zero-order valence-corrected chi connectivity index (χ0v) is 8.02. The summed E-state index contributed by atoms with van der Waals surface area (Å²) in [6, 6.07) is 6.63. The van der Waals surface area contributed by atoms with E-state index < -0.39 is 0 Å². The van der Waals surface area contributed by atoms with E-state index in [0.717, 1.165) is 5.56 Å². The molecule has 0 heterocycles. The number of hydrogen-bond donors (Lipinski definition) is 1. The molecule has 0 radical (unpaired) electrons. The Morgan fingerprint density at radius 2 is 1.79 bits per heavy atom. The predicted octanol–water partition coefficient (Wildman–Crippen LogP) is 1.67. The molecule has 4 nitrogen and oxygen atoms in total. The summed E-state index contributed by atoms with van der Waals surface area (Å²) in [5, 5.41) is 11.6. The van der Waals surface area contributed by atoms with Crippen molar-refractivity contribution in [2.45, 2.75) is 6.92 Å². The van der Waals surface area contributed by atoms with Crippen LogP contribution in [-0.2, 0) is 4.74 Å². The second-order valence-corrected chi connectivity index (χ2v) is 2.75. The molecule has 74 valence electrons. The smallest absolute Gasteiger partial charge is 0.337 e. The van der Waals surface area contributed by atoms with Crippen LogP contribution in [0, 0.1) is 0 Å². The van der Waals surface area contributed by atoms with Gasteiger partial charge in [-0.05, 0) is 24.6 Å². The van der Waals surface area contributed by atoms with E-state index in [-0.39, 0.29) is 5.97 Å². The highest BCUT2D eigenvalue weighted by Crippen LogP contribution is 2.06. The van der Waals surface area contributed by atoms with E-state index in [9.17, 15) is 4.79 Å². The number of oxime groups is 1. The van der Waals surface area contributed by atoms with E-state index in [1.807, 2.05) is 0 Å². The van der Waals surface area contributed by atoms with Gasteiger partial charge in [-0.2, -0.15) is 0 Å². The molecule has 0 aliphatic heterocycles. The van der Waals surface area contributed by atoms with Gasteiger partial charge >= 0.3 is 5.97 Å². The summed E-state index contributed by atoms with van der Waals surface area (Å²) in [6.07, 6.45) is 0. The lowest BCUT2D eigenvalue weighted by atomic mass is 10.1. The fourth-order valence-corrected chi connectivity index (χ4v) is 1.02. The van der Waals surface area contributed by atoms with Gasteiger partial charge in [0.1, 0.15) is 0 Å². The van der Waals surface area contributed by atoms with Gasteiger partial charge in [-0.1, -0.05) is 17.3 Å². The maximum atomic E-state index is 11.1. The van der Waals surface area contributed by atoms with Crippen molar-refractivity contribution in [3.63, 3.8) is 0 Å². The van der Waals surface area contributed by atoms with Crippen LogP contribution in [-0.4, -0.2) is 24.0 Å². The standard InChI is InChI=1S/C10H11NO3/c1-7(11-13)8-3-5-9(6-4-8)10(12)14-2/h3-6,13H,1-2H3/b11-7+. The van der Waals surface area contributed by atoms with Gasteiger partial charge in [0.05, 0.1) is 18.4 Å². The maximum Gasteiger partial charge on any atom is 0.337 e. The normalized spacial score (nSPS) is 11.1. The van der Waals surface area contributed by atoms with E-state index >= 15 is 0 Å². The van der Waals surface area contributed by atoms with E-state index in [2.05, 4.69) is 9.89 Å². The van der Waals surface area contributed by atoms with Crippen LogP contribution >= 0.6 is 0 Å². The summed E-state index contributed by atoms with van der Waals surface area (Å²) in [5.41, 5.74) is 1.74. The van der Waals surface area contributed by atoms with E-state index in [4.69, 9.17) is 5.21 Å².